The summed E-state index contributed by atoms with van der Waals surface area (Å²) in [6.07, 6.45) is 1.44. The summed E-state index contributed by atoms with van der Waals surface area (Å²) in [5.41, 5.74) is 3.62. The fourth-order valence-electron chi connectivity index (χ4n) is 3.36. The first-order valence-electron chi connectivity index (χ1n) is 10.4. The molecular formula is C26H23FN4O2. The van der Waals surface area contributed by atoms with Crippen LogP contribution in [0.3, 0.4) is 0 Å². The molecule has 0 radical (unpaired) electrons. The van der Waals surface area contributed by atoms with Gasteiger partial charge in [0.25, 0.3) is 5.91 Å². The van der Waals surface area contributed by atoms with Gasteiger partial charge in [-0.2, -0.15) is 0 Å². The second kappa shape index (κ2) is 9.91. The number of benzene rings is 3. The highest BCUT2D eigenvalue weighted by molar-refractivity contribution is 5.95. The largest absolute Gasteiger partial charge is 0.497 e. The molecule has 33 heavy (non-hydrogen) atoms. The van der Waals surface area contributed by atoms with E-state index in [4.69, 9.17) is 4.74 Å². The minimum absolute atomic E-state index is 0.190. The Balaban J connectivity index is 1.47. The summed E-state index contributed by atoms with van der Waals surface area (Å²) in [5, 5.41) is 6.21. The van der Waals surface area contributed by atoms with Gasteiger partial charge in [0.15, 0.2) is 0 Å². The zero-order valence-electron chi connectivity index (χ0n) is 18.2. The number of hydrogen-bond donors (Lipinski definition) is 2. The van der Waals surface area contributed by atoms with Crippen molar-refractivity contribution >= 4 is 17.4 Å². The van der Waals surface area contributed by atoms with Gasteiger partial charge in [0.1, 0.15) is 23.7 Å². The first-order chi connectivity index (χ1) is 16.0. The quantitative estimate of drug-likeness (QED) is 0.394. The molecule has 1 aromatic heterocycles. The summed E-state index contributed by atoms with van der Waals surface area (Å²) in [6.45, 7) is 1.92. The van der Waals surface area contributed by atoms with E-state index in [0.717, 1.165) is 16.9 Å². The average molecular weight is 442 g/mol. The third-order valence-corrected chi connectivity index (χ3v) is 5.15. The van der Waals surface area contributed by atoms with Crippen LogP contribution in [-0.2, 0) is 0 Å². The zero-order valence-corrected chi connectivity index (χ0v) is 18.2. The molecule has 0 fully saturated rings. The van der Waals surface area contributed by atoms with Gasteiger partial charge in [0, 0.05) is 22.9 Å². The number of methoxy groups -OCH3 is 1. The van der Waals surface area contributed by atoms with Crippen molar-refractivity contribution in [1.82, 2.24) is 15.3 Å². The van der Waals surface area contributed by atoms with E-state index in [0.29, 0.717) is 22.8 Å². The smallest absolute Gasteiger partial charge is 0.251 e. The SMILES string of the molecule is COc1cccc([C@H](C)NC(=O)c2cccc(Nc3cc(-c4ccc(F)cc4)ncn3)c2)c1. The summed E-state index contributed by atoms with van der Waals surface area (Å²) in [4.78, 5) is 21.3. The van der Waals surface area contributed by atoms with Crippen molar-refractivity contribution in [3.05, 3.63) is 102 Å². The van der Waals surface area contributed by atoms with Crippen molar-refractivity contribution in [1.29, 1.82) is 0 Å². The van der Waals surface area contributed by atoms with Crippen molar-refractivity contribution in [3.8, 4) is 17.0 Å². The number of amides is 1. The minimum atomic E-state index is -0.304. The van der Waals surface area contributed by atoms with Crippen LogP contribution in [0.2, 0.25) is 0 Å². The summed E-state index contributed by atoms with van der Waals surface area (Å²) >= 11 is 0. The van der Waals surface area contributed by atoms with Gasteiger partial charge in [-0.05, 0) is 67.1 Å². The van der Waals surface area contributed by atoms with Gasteiger partial charge in [-0.1, -0.05) is 18.2 Å². The van der Waals surface area contributed by atoms with Crippen LogP contribution < -0.4 is 15.4 Å². The number of carbonyl (C=O) groups is 1. The molecule has 4 aromatic rings. The number of nitrogens with zero attached hydrogens (tertiary/aromatic N) is 2. The van der Waals surface area contributed by atoms with Crippen molar-refractivity contribution in [3.63, 3.8) is 0 Å². The molecule has 0 saturated carbocycles. The van der Waals surface area contributed by atoms with Gasteiger partial charge >= 0.3 is 0 Å². The highest BCUT2D eigenvalue weighted by atomic mass is 19.1. The van der Waals surface area contributed by atoms with E-state index in [2.05, 4.69) is 20.6 Å². The molecule has 0 aliphatic heterocycles. The highest BCUT2D eigenvalue weighted by Gasteiger charge is 2.13. The standard InChI is InChI=1S/C26H23FN4O2/c1-17(19-5-4-8-23(14-19)33-2)30-26(32)20-6-3-7-22(13-20)31-25-15-24(28-16-29-25)18-9-11-21(27)12-10-18/h3-17H,1-2H3,(H,30,32)(H,28,29,31)/t17-/m0/s1. The van der Waals surface area contributed by atoms with E-state index in [1.165, 1.54) is 18.5 Å². The lowest BCUT2D eigenvalue weighted by Gasteiger charge is -2.16. The summed E-state index contributed by atoms with van der Waals surface area (Å²) < 4.78 is 18.5. The van der Waals surface area contributed by atoms with E-state index in [1.54, 1.807) is 43.5 Å². The molecule has 0 saturated heterocycles. The third kappa shape index (κ3) is 5.51. The molecular weight excluding hydrogens is 419 g/mol. The van der Waals surface area contributed by atoms with Gasteiger partial charge in [0.05, 0.1) is 18.8 Å². The molecule has 1 amide bonds. The normalized spacial score (nSPS) is 11.5. The second-order valence-electron chi connectivity index (χ2n) is 7.47. The zero-order chi connectivity index (χ0) is 23.2. The van der Waals surface area contributed by atoms with Gasteiger partial charge in [-0.25, -0.2) is 14.4 Å². The number of aromatic nitrogens is 2. The summed E-state index contributed by atoms with van der Waals surface area (Å²) in [6, 6.07) is 22.4. The van der Waals surface area contributed by atoms with Crippen LogP contribution in [0.25, 0.3) is 11.3 Å². The van der Waals surface area contributed by atoms with E-state index in [-0.39, 0.29) is 17.8 Å². The first kappa shape index (κ1) is 22.0. The highest BCUT2D eigenvalue weighted by Crippen LogP contribution is 2.23. The number of nitrogens with one attached hydrogen (secondary N) is 2. The summed E-state index contributed by atoms with van der Waals surface area (Å²) in [7, 11) is 1.61. The molecule has 4 rings (SSSR count). The summed E-state index contributed by atoms with van der Waals surface area (Å²) in [5.74, 6) is 0.807. The van der Waals surface area contributed by atoms with E-state index in [9.17, 15) is 9.18 Å². The molecule has 1 heterocycles. The number of halogens is 1. The molecule has 3 aromatic carbocycles. The van der Waals surface area contributed by atoms with Crippen LogP contribution in [-0.4, -0.2) is 23.0 Å². The molecule has 1 atom stereocenters. The lowest BCUT2D eigenvalue weighted by molar-refractivity contribution is 0.0940. The molecule has 7 heteroatoms. The van der Waals surface area contributed by atoms with Gasteiger partial charge in [0.2, 0.25) is 0 Å². The lowest BCUT2D eigenvalue weighted by atomic mass is 10.1. The molecule has 0 spiro atoms. The molecule has 2 N–H and O–H groups in total. The topological polar surface area (TPSA) is 76.1 Å². The monoisotopic (exact) mass is 442 g/mol. The Kier molecular flexibility index (Phi) is 6.59. The number of carbonyl (C=O) groups excluding carboxylic acids is 1. The van der Waals surface area contributed by atoms with Gasteiger partial charge < -0.3 is 15.4 Å². The molecule has 0 aliphatic rings. The van der Waals surface area contributed by atoms with Gasteiger partial charge in [-0.3, -0.25) is 4.79 Å². The fourth-order valence-corrected chi connectivity index (χ4v) is 3.36. The van der Waals surface area contributed by atoms with Crippen LogP contribution in [0.4, 0.5) is 15.9 Å². The van der Waals surface area contributed by atoms with Crippen molar-refractivity contribution in [2.24, 2.45) is 0 Å². The predicted molar refractivity (Wildman–Crippen MR) is 126 cm³/mol. The third-order valence-electron chi connectivity index (χ3n) is 5.15. The Labute approximate surface area is 191 Å². The maximum Gasteiger partial charge on any atom is 0.251 e. The number of ether oxygens (including phenoxy) is 1. The second-order valence-corrected chi connectivity index (χ2v) is 7.47. The molecule has 6 nitrogen and oxygen atoms in total. The van der Waals surface area contributed by atoms with Crippen LogP contribution in [0.5, 0.6) is 5.75 Å². The maximum absolute atomic E-state index is 13.2. The number of hydrogen-bond acceptors (Lipinski definition) is 5. The number of anilines is 2. The fraction of sp³-hybridized carbons (Fsp3) is 0.115. The van der Waals surface area contributed by atoms with E-state index < -0.39 is 0 Å². The lowest BCUT2D eigenvalue weighted by Crippen LogP contribution is -2.26. The van der Waals surface area contributed by atoms with Gasteiger partial charge in [-0.15, -0.1) is 0 Å². The molecule has 166 valence electrons. The van der Waals surface area contributed by atoms with Crippen molar-refractivity contribution < 1.29 is 13.9 Å². The van der Waals surface area contributed by atoms with Crippen LogP contribution in [0, 0.1) is 5.82 Å². The van der Waals surface area contributed by atoms with Crippen LogP contribution in [0.15, 0.2) is 85.2 Å². The Bertz CT molecular complexity index is 1260. The predicted octanol–water partition coefficient (Wildman–Crippen LogP) is 5.53. The minimum Gasteiger partial charge on any atom is -0.497 e. The van der Waals surface area contributed by atoms with E-state index in [1.807, 2.05) is 37.3 Å². The van der Waals surface area contributed by atoms with Crippen molar-refractivity contribution in [2.75, 3.05) is 12.4 Å². The Morgan fingerprint density at radius 3 is 2.55 bits per heavy atom. The van der Waals surface area contributed by atoms with Crippen LogP contribution >= 0.6 is 0 Å². The molecule has 0 bridgehead atoms. The Hall–Kier alpha value is -4.26. The molecule has 0 unspecified atom stereocenters. The molecule has 0 aliphatic carbocycles. The van der Waals surface area contributed by atoms with E-state index >= 15 is 0 Å². The van der Waals surface area contributed by atoms with Crippen molar-refractivity contribution in [2.45, 2.75) is 13.0 Å². The maximum atomic E-state index is 13.2. The average Bonchev–Trinajstić information content (AvgIpc) is 2.85. The number of rotatable bonds is 7. The Morgan fingerprint density at radius 2 is 1.76 bits per heavy atom. The van der Waals surface area contributed by atoms with Crippen LogP contribution in [0.1, 0.15) is 28.9 Å². The first-order valence-corrected chi connectivity index (χ1v) is 10.4. The Morgan fingerprint density at radius 1 is 0.970 bits per heavy atom.